The SMILES string of the molecule is CC1CCCCC1NC(=O)CSc1nnc(-c2cccs2)o1. The second kappa shape index (κ2) is 7.28. The second-order valence-electron chi connectivity index (χ2n) is 5.57. The summed E-state index contributed by atoms with van der Waals surface area (Å²) in [6, 6.07) is 4.19. The standard InChI is InChI=1S/C15H19N3O2S2/c1-10-5-2-3-6-11(10)16-13(19)9-22-15-18-17-14(20-15)12-7-4-8-21-12/h4,7-8,10-11H,2-3,5-6,9H2,1H3,(H,16,19). The zero-order chi connectivity index (χ0) is 15.4. The predicted octanol–water partition coefficient (Wildman–Crippen LogP) is 3.59. The molecule has 2 heterocycles. The van der Waals surface area contributed by atoms with Crippen LogP contribution in [0.2, 0.25) is 0 Å². The average molecular weight is 337 g/mol. The molecule has 0 radical (unpaired) electrons. The summed E-state index contributed by atoms with van der Waals surface area (Å²) < 4.78 is 5.56. The molecule has 1 N–H and O–H groups in total. The molecule has 3 rings (SSSR count). The highest BCUT2D eigenvalue weighted by molar-refractivity contribution is 7.99. The maximum Gasteiger partial charge on any atom is 0.277 e. The Labute approximate surface area is 137 Å². The Morgan fingerprint density at radius 2 is 2.32 bits per heavy atom. The van der Waals surface area contributed by atoms with E-state index in [-0.39, 0.29) is 5.91 Å². The number of carbonyl (C=O) groups is 1. The largest absolute Gasteiger partial charge is 0.410 e. The molecule has 1 saturated carbocycles. The molecule has 2 aromatic rings. The van der Waals surface area contributed by atoms with E-state index in [1.165, 1.54) is 31.0 Å². The van der Waals surface area contributed by atoms with E-state index < -0.39 is 0 Å². The van der Waals surface area contributed by atoms with Crippen LogP contribution in [0.5, 0.6) is 0 Å². The first-order valence-corrected chi connectivity index (χ1v) is 9.38. The Bertz CT molecular complexity index is 612. The number of carbonyl (C=O) groups excluding carboxylic acids is 1. The van der Waals surface area contributed by atoms with Crippen molar-refractivity contribution in [1.29, 1.82) is 0 Å². The molecule has 5 nitrogen and oxygen atoms in total. The lowest BCUT2D eigenvalue weighted by Crippen LogP contribution is -2.41. The highest BCUT2D eigenvalue weighted by Crippen LogP contribution is 2.27. The van der Waals surface area contributed by atoms with Gasteiger partial charge in [0, 0.05) is 6.04 Å². The van der Waals surface area contributed by atoms with Crippen molar-refractivity contribution in [1.82, 2.24) is 15.5 Å². The summed E-state index contributed by atoms with van der Waals surface area (Å²) in [7, 11) is 0. The van der Waals surface area contributed by atoms with Gasteiger partial charge < -0.3 is 9.73 Å². The molecule has 1 fully saturated rings. The fourth-order valence-corrected chi connectivity index (χ4v) is 3.89. The maximum absolute atomic E-state index is 12.0. The van der Waals surface area contributed by atoms with E-state index in [1.54, 1.807) is 11.3 Å². The van der Waals surface area contributed by atoms with Crippen LogP contribution >= 0.6 is 23.1 Å². The molecule has 2 unspecified atom stereocenters. The van der Waals surface area contributed by atoms with Crippen molar-refractivity contribution in [3.63, 3.8) is 0 Å². The Kier molecular flexibility index (Phi) is 5.15. The smallest absolute Gasteiger partial charge is 0.277 e. The van der Waals surface area contributed by atoms with Crippen molar-refractivity contribution in [2.75, 3.05) is 5.75 Å². The van der Waals surface area contributed by atoms with Gasteiger partial charge in [-0.1, -0.05) is 37.6 Å². The van der Waals surface area contributed by atoms with E-state index >= 15 is 0 Å². The summed E-state index contributed by atoms with van der Waals surface area (Å²) >= 11 is 2.84. The molecule has 0 aliphatic heterocycles. The van der Waals surface area contributed by atoms with Gasteiger partial charge in [-0.2, -0.15) is 0 Å². The van der Waals surface area contributed by atoms with Crippen molar-refractivity contribution in [2.45, 2.75) is 43.9 Å². The molecule has 2 atom stereocenters. The van der Waals surface area contributed by atoms with E-state index in [0.717, 1.165) is 11.3 Å². The van der Waals surface area contributed by atoms with Crippen LogP contribution in [-0.2, 0) is 4.79 Å². The van der Waals surface area contributed by atoms with E-state index in [9.17, 15) is 4.79 Å². The molecule has 1 aliphatic rings. The van der Waals surface area contributed by atoms with Gasteiger partial charge in [0.25, 0.3) is 11.1 Å². The van der Waals surface area contributed by atoms with Gasteiger partial charge in [-0.05, 0) is 30.2 Å². The predicted molar refractivity (Wildman–Crippen MR) is 87.9 cm³/mol. The van der Waals surface area contributed by atoms with E-state index in [2.05, 4.69) is 22.4 Å². The van der Waals surface area contributed by atoms with Crippen molar-refractivity contribution >= 4 is 29.0 Å². The number of nitrogens with zero attached hydrogens (tertiary/aromatic N) is 2. The van der Waals surface area contributed by atoms with Gasteiger partial charge in [-0.25, -0.2) is 0 Å². The third kappa shape index (κ3) is 3.89. The topological polar surface area (TPSA) is 68.0 Å². The maximum atomic E-state index is 12.0. The van der Waals surface area contributed by atoms with Gasteiger partial charge in [0.15, 0.2) is 0 Å². The molecular weight excluding hydrogens is 318 g/mol. The van der Waals surface area contributed by atoms with Gasteiger partial charge in [0.05, 0.1) is 10.6 Å². The third-order valence-electron chi connectivity index (χ3n) is 3.92. The van der Waals surface area contributed by atoms with Gasteiger partial charge >= 0.3 is 0 Å². The Hall–Kier alpha value is -1.34. The quantitative estimate of drug-likeness (QED) is 0.845. The first-order valence-electron chi connectivity index (χ1n) is 7.52. The molecule has 118 valence electrons. The van der Waals surface area contributed by atoms with Crippen LogP contribution in [0.15, 0.2) is 27.2 Å². The van der Waals surface area contributed by atoms with Gasteiger partial charge in [0.2, 0.25) is 5.91 Å². The zero-order valence-electron chi connectivity index (χ0n) is 12.4. The highest BCUT2D eigenvalue weighted by Gasteiger charge is 2.23. The number of nitrogens with one attached hydrogen (secondary N) is 1. The normalized spacial score (nSPS) is 21.7. The summed E-state index contributed by atoms with van der Waals surface area (Å²) in [5.74, 6) is 1.44. The Balaban J connectivity index is 1.49. The van der Waals surface area contributed by atoms with E-state index in [1.807, 2.05) is 17.5 Å². The average Bonchev–Trinajstić information content (AvgIpc) is 3.18. The van der Waals surface area contributed by atoms with Crippen LogP contribution in [0.3, 0.4) is 0 Å². The second-order valence-corrected chi connectivity index (χ2v) is 7.45. The molecule has 0 bridgehead atoms. The number of thioether (sulfide) groups is 1. The summed E-state index contributed by atoms with van der Waals surface area (Å²) in [6.07, 6.45) is 4.76. The Morgan fingerprint density at radius 1 is 1.45 bits per heavy atom. The Morgan fingerprint density at radius 3 is 3.09 bits per heavy atom. The summed E-state index contributed by atoms with van der Waals surface area (Å²) in [4.78, 5) is 13.0. The lowest BCUT2D eigenvalue weighted by molar-refractivity contribution is -0.119. The number of rotatable bonds is 5. The molecule has 0 saturated heterocycles. The van der Waals surface area contributed by atoms with Gasteiger partial charge in [-0.15, -0.1) is 21.5 Å². The minimum absolute atomic E-state index is 0.0413. The monoisotopic (exact) mass is 337 g/mol. The van der Waals surface area contributed by atoms with Crippen LogP contribution in [0, 0.1) is 5.92 Å². The number of hydrogen-bond acceptors (Lipinski definition) is 6. The zero-order valence-corrected chi connectivity index (χ0v) is 14.1. The molecular formula is C15H19N3O2S2. The minimum atomic E-state index is 0.0413. The molecule has 2 aromatic heterocycles. The van der Waals surface area contributed by atoms with Gasteiger partial charge in [0.1, 0.15) is 0 Å². The van der Waals surface area contributed by atoms with Crippen molar-refractivity contribution in [3.05, 3.63) is 17.5 Å². The number of thiophene rings is 1. The molecule has 1 aliphatic carbocycles. The summed E-state index contributed by atoms with van der Waals surface area (Å²) in [5.41, 5.74) is 0. The molecule has 1 amide bonds. The molecule has 0 aromatic carbocycles. The molecule has 22 heavy (non-hydrogen) atoms. The number of aromatic nitrogens is 2. The fourth-order valence-electron chi connectivity index (χ4n) is 2.67. The third-order valence-corrected chi connectivity index (χ3v) is 5.60. The summed E-state index contributed by atoms with van der Waals surface area (Å²) in [6.45, 7) is 2.21. The van der Waals surface area contributed by atoms with Crippen molar-refractivity contribution in [3.8, 4) is 10.8 Å². The van der Waals surface area contributed by atoms with E-state index in [4.69, 9.17) is 4.42 Å². The lowest BCUT2D eigenvalue weighted by atomic mass is 9.86. The van der Waals surface area contributed by atoms with Crippen LogP contribution < -0.4 is 5.32 Å². The first-order chi connectivity index (χ1) is 10.7. The van der Waals surface area contributed by atoms with Crippen LogP contribution in [-0.4, -0.2) is 27.9 Å². The highest BCUT2D eigenvalue weighted by atomic mass is 32.2. The molecule has 7 heteroatoms. The van der Waals surface area contributed by atoms with Crippen molar-refractivity contribution in [2.24, 2.45) is 5.92 Å². The number of hydrogen-bond donors (Lipinski definition) is 1. The van der Waals surface area contributed by atoms with Gasteiger partial charge in [-0.3, -0.25) is 4.79 Å². The summed E-state index contributed by atoms with van der Waals surface area (Å²) in [5, 5.41) is 13.5. The minimum Gasteiger partial charge on any atom is -0.410 e. The van der Waals surface area contributed by atoms with Crippen LogP contribution in [0.25, 0.3) is 10.8 Å². The lowest BCUT2D eigenvalue weighted by Gasteiger charge is -2.29. The van der Waals surface area contributed by atoms with E-state index in [0.29, 0.717) is 28.8 Å². The fraction of sp³-hybridized carbons (Fsp3) is 0.533. The van der Waals surface area contributed by atoms with Crippen molar-refractivity contribution < 1.29 is 9.21 Å². The first kappa shape index (κ1) is 15.6. The van der Waals surface area contributed by atoms with Crippen LogP contribution in [0.4, 0.5) is 0 Å². The number of amides is 1. The van der Waals surface area contributed by atoms with Crippen LogP contribution in [0.1, 0.15) is 32.6 Å². The molecule has 0 spiro atoms.